The molecule has 2 aromatic carbocycles. The van der Waals surface area contributed by atoms with E-state index in [4.69, 9.17) is 4.74 Å². The zero-order chi connectivity index (χ0) is 20.4. The van der Waals surface area contributed by atoms with Crippen LogP contribution in [0.5, 0.6) is 0 Å². The number of nitrogens with zero attached hydrogens (tertiary/aromatic N) is 1. The highest BCUT2D eigenvalue weighted by molar-refractivity contribution is 5.91. The Labute approximate surface area is 167 Å². The molecule has 0 fully saturated rings. The summed E-state index contributed by atoms with van der Waals surface area (Å²) in [5, 5.41) is 2.87. The lowest BCUT2D eigenvalue weighted by atomic mass is 10.1. The highest BCUT2D eigenvalue weighted by Gasteiger charge is 2.13. The molecule has 0 bridgehead atoms. The molecule has 2 rings (SSSR count). The van der Waals surface area contributed by atoms with Crippen molar-refractivity contribution in [3.8, 4) is 0 Å². The summed E-state index contributed by atoms with van der Waals surface area (Å²) >= 11 is 0. The van der Waals surface area contributed by atoms with Crippen LogP contribution in [0.15, 0.2) is 54.6 Å². The number of amides is 1. The van der Waals surface area contributed by atoms with Crippen molar-refractivity contribution in [1.29, 1.82) is 0 Å². The number of rotatable bonds is 10. The number of anilines is 1. The molecule has 0 aliphatic heterocycles. The first kappa shape index (κ1) is 21.5. The van der Waals surface area contributed by atoms with E-state index >= 15 is 0 Å². The molecule has 2 aromatic rings. The second kappa shape index (κ2) is 11.1. The average Bonchev–Trinajstić information content (AvgIpc) is 2.72. The van der Waals surface area contributed by atoms with Gasteiger partial charge >= 0.3 is 5.97 Å². The van der Waals surface area contributed by atoms with Crippen molar-refractivity contribution >= 4 is 17.6 Å². The largest absolute Gasteiger partial charge is 0.452 e. The molecule has 1 atom stereocenters. The van der Waals surface area contributed by atoms with Crippen LogP contribution in [0.3, 0.4) is 0 Å². The van der Waals surface area contributed by atoms with E-state index in [0.717, 1.165) is 31.6 Å². The summed E-state index contributed by atoms with van der Waals surface area (Å²) in [5.74, 6) is -0.771. The fraction of sp³-hybridized carbons (Fsp3) is 0.391. The molecule has 1 N–H and O–H groups in total. The van der Waals surface area contributed by atoms with E-state index in [1.807, 2.05) is 37.3 Å². The standard InChI is InChI=1S/C23H30N2O3/c1-4-25(5-2)21-15-13-20(14-16-21)23(27)28-17-22(26)24-18(3)11-12-19-9-7-6-8-10-19/h6-10,13-16,18H,4-5,11-12,17H2,1-3H3,(H,24,26)/t18-/m1/s1. The van der Waals surface area contributed by atoms with Crippen LogP contribution in [-0.4, -0.2) is 37.6 Å². The van der Waals surface area contributed by atoms with Crippen molar-refractivity contribution in [2.75, 3.05) is 24.6 Å². The Kier molecular flexibility index (Phi) is 8.53. The molecule has 0 saturated carbocycles. The van der Waals surface area contributed by atoms with Gasteiger partial charge in [-0.2, -0.15) is 0 Å². The maximum absolute atomic E-state index is 12.2. The molecule has 5 nitrogen and oxygen atoms in total. The molecule has 0 aromatic heterocycles. The molecule has 150 valence electrons. The van der Waals surface area contributed by atoms with E-state index in [-0.39, 0.29) is 18.6 Å². The summed E-state index contributed by atoms with van der Waals surface area (Å²) in [4.78, 5) is 26.4. The van der Waals surface area contributed by atoms with E-state index in [0.29, 0.717) is 5.56 Å². The number of esters is 1. The summed E-state index contributed by atoms with van der Waals surface area (Å²) in [6.45, 7) is 7.67. The van der Waals surface area contributed by atoms with E-state index < -0.39 is 5.97 Å². The topological polar surface area (TPSA) is 58.6 Å². The monoisotopic (exact) mass is 382 g/mol. The SMILES string of the molecule is CCN(CC)c1ccc(C(=O)OCC(=O)N[C@H](C)CCc2ccccc2)cc1. The minimum atomic E-state index is -0.488. The number of aryl methyl sites for hydroxylation is 1. The average molecular weight is 383 g/mol. The maximum atomic E-state index is 12.2. The van der Waals surface area contributed by atoms with Gasteiger partial charge in [-0.3, -0.25) is 4.79 Å². The van der Waals surface area contributed by atoms with Gasteiger partial charge in [-0.25, -0.2) is 4.79 Å². The van der Waals surface area contributed by atoms with Gasteiger partial charge in [0.05, 0.1) is 5.56 Å². The summed E-state index contributed by atoms with van der Waals surface area (Å²) in [7, 11) is 0. The summed E-state index contributed by atoms with van der Waals surface area (Å²) in [6, 6.07) is 17.4. The molecule has 0 saturated heterocycles. The minimum Gasteiger partial charge on any atom is -0.452 e. The van der Waals surface area contributed by atoms with Crippen LogP contribution in [-0.2, 0) is 16.0 Å². The van der Waals surface area contributed by atoms with Gasteiger partial charge in [0.1, 0.15) is 0 Å². The highest BCUT2D eigenvalue weighted by atomic mass is 16.5. The van der Waals surface area contributed by atoms with Gasteiger partial charge in [-0.05, 0) is 63.4 Å². The predicted molar refractivity (Wildman–Crippen MR) is 113 cm³/mol. The van der Waals surface area contributed by atoms with Crippen LogP contribution in [0.4, 0.5) is 5.69 Å². The first-order chi connectivity index (χ1) is 13.5. The fourth-order valence-electron chi connectivity index (χ4n) is 3.03. The molecular weight excluding hydrogens is 352 g/mol. The van der Waals surface area contributed by atoms with E-state index in [9.17, 15) is 9.59 Å². The number of carbonyl (C=O) groups excluding carboxylic acids is 2. The van der Waals surface area contributed by atoms with Crippen molar-refractivity contribution in [3.05, 3.63) is 65.7 Å². The van der Waals surface area contributed by atoms with Crippen molar-refractivity contribution in [1.82, 2.24) is 5.32 Å². The molecular formula is C23H30N2O3. The minimum absolute atomic E-state index is 0.0137. The third-order valence-electron chi connectivity index (χ3n) is 4.68. The van der Waals surface area contributed by atoms with Crippen LogP contribution >= 0.6 is 0 Å². The van der Waals surface area contributed by atoms with E-state index in [1.165, 1.54) is 5.56 Å². The summed E-state index contributed by atoms with van der Waals surface area (Å²) < 4.78 is 5.14. The predicted octanol–water partition coefficient (Wildman–Crippen LogP) is 3.83. The smallest absolute Gasteiger partial charge is 0.338 e. The van der Waals surface area contributed by atoms with Gasteiger partial charge in [0.2, 0.25) is 0 Å². The summed E-state index contributed by atoms with van der Waals surface area (Å²) in [5.41, 5.74) is 2.75. The quantitative estimate of drug-likeness (QED) is 0.635. The highest BCUT2D eigenvalue weighted by Crippen LogP contribution is 2.15. The van der Waals surface area contributed by atoms with Crippen LogP contribution < -0.4 is 10.2 Å². The van der Waals surface area contributed by atoms with Gasteiger partial charge in [0.15, 0.2) is 6.61 Å². The Morgan fingerprint density at radius 1 is 1.00 bits per heavy atom. The van der Waals surface area contributed by atoms with Crippen molar-refractivity contribution < 1.29 is 14.3 Å². The van der Waals surface area contributed by atoms with Gasteiger partial charge in [0, 0.05) is 24.8 Å². The molecule has 1 amide bonds. The van der Waals surface area contributed by atoms with Gasteiger partial charge < -0.3 is 15.0 Å². The molecule has 0 aliphatic rings. The Hall–Kier alpha value is -2.82. The normalized spacial score (nSPS) is 11.5. The van der Waals surface area contributed by atoms with Gasteiger partial charge in [-0.15, -0.1) is 0 Å². The molecule has 0 aliphatic carbocycles. The van der Waals surface area contributed by atoms with Crippen LogP contribution in [0.2, 0.25) is 0 Å². The Bertz CT molecular complexity index is 740. The number of ether oxygens (including phenoxy) is 1. The molecule has 0 spiro atoms. The van der Waals surface area contributed by atoms with Crippen LogP contribution in [0.1, 0.15) is 43.1 Å². The van der Waals surface area contributed by atoms with Crippen molar-refractivity contribution in [2.24, 2.45) is 0 Å². The number of nitrogens with one attached hydrogen (secondary N) is 1. The van der Waals surface area contributed by atoms with Crippen LogP contribution in [0, 0.1) is 0 Å². The second-order valence-corrected chi connectivity index (χ2v) is 6.79. The number of hydrogen-bond donors (Lipinski definition) is 1. The Morgan fingerprint density at radius 3 is 2.25 bits per heavy atom. The molecule has 0 radical (unpaired) electrons. The third-order valence-corrected chi connectivity index (χ3v) is 4.68. The summed E-state index contributed by atoms with van der Waals surface area (Å²) in [6.07, 6.45) is 1.72. The van der Waals surface area contributed by atoms with Crippen molar-refractivity contribution in [3.63, 3.8) is 0 Å². The fourth-order valence-corrected chi connectivity index (χ4v) is 3.03. The Balaban J connectivity index is 1.74. The lowest BCUT2D eigenvalue weighted by Crippen LogP contribution is -2.36. The first-order valence-electron chi connectivity index (χ1n) is 9.88. The maximum Gasteiger partial charge on any atom is 0.338 e. The lowest BCUT2D eigenvalue weighted by Gasteiger charge is -2.21. The van der Waals surface area contributed by atoms with Crippen molar-refractivity contribution in [2.45, 2.75) is 39.7 Å². The first-order valence-corrected chi connectivity index (χ1v) is 9.88. The Morgan fingerprint density at radius 2 is 1.64 bits per heavy atom. The number of hydrogen-bond acceptors (Lipinski definition) is 4. The van der Waals surface area contributed by atoms with E-state index in [1.54, 1.807) is 12.1 Å². The number of carbonyl (C=O) groups is 2. The van der Waals surface area contributed by atoms with Gasteiger partial charge in [0.25, 0.3) is 5.91 Å². The molecule has 0 unspecified atom stereocenters. The molecule has 28 heavy (non-hydrogen) atoms. The van der Waals surface area contributed by atoms with E-state index in [2.05, 4.69) is 36.2 Å². The molecule has 5 heteroatoms. The van der Waals surface area contributed by atoms with Gasteiger partial charge in [-0.1, -0.05) is 30.3 Å². The zero-order valence-corrected chi connectivity index (χ0v) is 17.0. The number of benzene rings is 2. The molecule has 0 heterocycles. The third kappa shape index (κ3) is 6.72. The lowest BCUT2D eigenvalue weighted by molar-refractivity contribution is -0.124. The van der Waals surface area contributed by atoms with Crippen LogP contribution in [0.25, 0.3) is 0 Å². The zero-order valence-electron chi connectivity index (χ0n) is 17.0. The second-order valence-electron chi connectivity index (χ2n) is 6.79.